The minimum atomic E-state index is -0.132. The van der Waals surface area contributed by atoms with Crippen molar-refractivity contribution in [2.75, 3.05) is 6.61 Å². The van der Waals surface area contributed by atoms with Gasteiger partial charge in [-0.3, -0.25) is 4.79 Å². The molecule has 1 aromatic rings. The summed E-state index contributed by atoms with van der Waals surface area (Å²) in [7, 11) is 0. The van der Waals surface area contributed by atoms with Crippen LogP contribution in [0.1, 0.15) is 25.8 Å². The van der Waals surface area contributed by atoms with E-state index < -0.39 is 0 Å². The summed E-state index contributed by atoms with van der Waals surface area (Å²) in [6.45, 7) is 4.16. The second-order valence-corrected chi connectivity index (χ2v) is 4.44. The number of hydrogen-bond acceptors (Lipinski definition) is 3. The van der Waals surface area contributed by atoms with Crippen LogP contribution in [0.5, 0.6) is 5.75 Å². The number of ether oxygens (including phenoxy) is 2. The van der Waals surface area contributed by atoms with Gasteiger partial charge in [0.1, 0.15) is 11.9 Å². The molecule has 2 atom stereocenters. The van der Waals surface area contributed by atoms with Crippen LogP contribution in [-0.2, 0) is 16.0 Å². The van der Waals surface area contributed by atoms with E-state index in [1.807, 2.05) is 32.0 Å². The van der Waals surface area contributed by atoms with Crippen LogP contribution in [0.25, 0.3) is 0 Å². The van der Waals surface area contributed by atoms with Crippen LogP contribution in [0.3, 0.4) is 0 Å². The van der Waals surface area contributed by atoms with Gasteiger partial charge >= 0.3 is 5.97 Å². The minimum Gasteiger partial charge on any atom is -0.490 e. The molecular formula is C14H18O3. The zero-order valence-corrected chi connectivity index (χ0v) is 10.3. The van der Waals surface area contributed by atoms with Crippen LogP contribution >= 0.6 is 0 Å². The Bertz CT molecular complexity index is 375. The highest BCUT2D eigenvalue weighted by atomic mass is 16.5. The summed E-state index contributed by atoms with van der Waals surface area (Å²) < 4.78 is 10.8. The second-order valence-electron chi connectivity index (χ2n) is 4.44. The lowest BCUT2D eigenvalue weighted by atomic mass is 10.0. The van der Waals surface area contributed by atoms with E-state index in [0.29, 0.717) is 13.0 Å². The molecule has 0 bridgehead atoms. The van der Waals surface area contributed by atoms with Gasteiger partial charge in [-0.2, -0.15) is 0 Å². The summed E-state index contributed by atoms with van der Waals surface area (Å²) in [5.74, 6) is 0.717. The molecule has 0 amide bonds. The quantitative estimate of drug-likeness (QED) is 0.751. The summed E-state index contributed by atoms with van der Waals surface area (Å²) in [5.41, 5.74) is 1.23. The van der Waals surface area contributed by atoms with Gasteiger partial charge in [0, 0.05) is 6.42 Å². The molecule has 0 spiro atoms. The van der Waals surface area contributed by atoms with Gasteiger partial charge in [0.05, 0.1) is 12.5 Å². The number of para-hydroxylation sites is 1. The van der Waals surface area contributed by atoms with Crippen molar-refractivity contribution in [2.24, 2.45) is 5.92 Å². The van der Waals surface area contributed by atoms with Gasteiger partial charge < -0.3 is 9.47 Å². The van der Waals surface area contributed by atoms with E-state index in [1.54, 1.807) is 0 Å². The molecule has 1 aliphatic rings. The van der Waals surface area contributed by atoms with Crippen molar-refractivity contribution < 1.29 is 14.3 Å². The average Bonchev–Trinajstić information content (AvgIpc) is 2.71. The number of carbonyl (C=O) groups is 1. The van der Waals surface area contributed by atoms with Gasteiger partial charge in [0.2, 0.25) is 0 Å². The summed E-state index contributed by atoms with van der Waals surface area (Å²) in [6, 6.07) is 8.03. The lowest BCUT2D eigenvalue weighted by Gasteiger charge is -2.15. The monoisotopic (exact) mass is 234 g/mol. The van der Waals surface area contributed by atoms with E-state index in [0.717, 1.165) is 12.2 Å². The Morgan fingerprint density at radius 3 is 3.00 bits per heavy atom. The average molecular weight is 234 g/mol. The van der Waals surface area contributed by atoms with Crippen LogP contribution in [0, 0.1) is 5.92 Å². The fourth-order valence-corrected chi connectivity index (χ4v) is 2.16. The first kappa shape index (κ1) is 12.0. The molecule has 1 aromatic carbocycles. The molecule has 2 rings (SSSR count). The number of esters is 1. The molecule has 0 radical (unpaired) electrons. The van der Waals surface area contributed by atoms with Gasteiger partial charge in [-0.05, 0) is 25.0 Å². The maximum Gasteiger partial charge on any atom is 0.308 e. The van der Waals surface area contributed by atoms with Crippen LogP contribution < -0.4 is 4.74 Å². The SMILES string of the molecule is CCOC(=O)C(C)CC1Cc2ccccc2O1. The molecule has 1 aliphatic heterocycles. The third kappa shape index (κ3) is 2.78. The molecule has 92 valence electrons. The normalized spacial score (nSPS) is 19.3. The maximum atomic E-state index is 11.5. The number of fused-ring (bicyclic) bond motifs is 1. The predicted molar refractivity (Wildman–Crippen MR) is 65.0 cm³/mol. The molecule has 0 aromatic heterocycles. The van der Waals surface area contributed by atoms with Crippen molar-refractivity contribution in [3.05, 3.63) is 29.8 Å². The number of rotatable bonds is 4. The molecule has 0 N–H and O–H groups in total. The molecule has 1 heterocycles. The molecule has 0 saturated heterocycles. The molecule has 3 heteroatoms. The molecule has 0 saturated carbocycles. The zero-order valence-electron chi connectivity index (χ0n) is 10.3. The maximum absolute atomic E-state index is 11.5. The fraction of sp³-hybridized carbons (Fsp3) is 0.500. The van der Waals surface area contributed by atoms with Crippen LogP contribution in [0.15, 0.2) is 24.3 Å². The summed E-state index contributed by atoms with van der Waals surface area (Å²) in [6.07, 6.45) is 1.71. The number of benzene rings is 1. The Hall–Kier alpha value is -1.51. The standard InChI is InChI=1S/C14H18O3/c1-3-16-14(15)10(2)8-12-9-11-6-4-5-7-13(11)17-12/h4-7,10,12H,3,8-9H2,1-2H3. The Kier molecular flexibility index (Phi) is 3.67. The first-order valence-corrected chi connectivity index (χ1v) is 6.12. The molecule has 2 unspecified atom stereocenters. The van der Waals surface area contributed by atoms with Gasteiger partial charge in [-0.15, -0.1) is 0 Å². The summed E-state index contributed by atoms with van der Waals surface area (Å²) >= 11 is 0. The summed E-state index contributed by atoms with van der Waals surface area (Å²) in [5, 5.41) is 0. The fourth-order valence-electron chi connectivity index (χ4n) is 2.16. The highest BCUT2D eigenvalue weighted by Gasteiger charge is 2.26. The van der Waals surface area contributed by atoms with E-state index in [1.165, 1.54) is 5.56 Å². The first-order chi connectivity index (χ1) is 8.20. The van der Waals surface area contributed by atoms with Gasteiger partial charge in [0.15, 0.2) is 0 Å². The summed E-state index contributed by atoms with van der Waals surface area (Å²) in [4.78, 5) is 11.5. The van der Waals surface area contributed by atoms with Crippen molar-refractivity contribution in [1.29, 1.82) is 0 Å². The van der Waals surface area contributed by atoms with E-state index in [2.05, 4.69) is 6.07 Å². The van der Waals surface area contributed by atoms with E-state index in [4.69, 9.17) is 9.47 Å². The molecular weight excluding hydrogens is 216 g/mol. The predicted octanol–water partition coefficient (Wildman–Crippen LogP) is 2.58. The smallest absolute Gasteiger partial charge is 0.308 e. The Morgan fingerprint density at radius 1 is 1.53 bits per heavy atom. The third-order valence-corrected chi connectivity index (χ3v) is 3.02. The van der Waals surface area contributed by atoms with E-state index in [9.17, 15) is 4.79 Å². The molecule has 3 nitrogen and oxygen atoms in total. The first-order valence-electron chi connectivity index (χ1n) is 6.12. The van der Waals surface area contributed by atoms with Crippen LogP contribution in [0.2, 0.25) is 0 Å². The van der Waals surface area contributed by atoms with Crippen molar-refractivity contribution in [3.63, 3.8) is 0 Å². The topological polar surface area (TPSA) is 35.5 Å². The minimum absolute atomic E-state index is 0.103. The molecule has 0 fully saturated rings. The van der Waals surface area contributed by atoms with E-state index in [-0.39, 0.29) is 18.0 Å². The van der Waals surface area contributed by atoms with Crippen molar-refractivity contribution >= 4 is 5.97 Å². The number of carbonyl (C=O) groups excluding carboxylic acids is 1. The number of hydrogen-bond donors (Lipinski definition) is 0. The highest BCUT2D eigenvalue weighted by molar-refractivity contribution is 5.72. The molecule has 17 heavy (non-hydrogen) atoms. The van der Waals surface area contributed by atoms with Crippen molar-refractivity contribution in [2.45, 2.75) is 32.8 Å². The van der Waals surface area contributed by atoms with Crippen LogP contribution in [-0.4, -0.2) is 18.7 Å². The highest BCUT2D eigenvalue weighted by Crippen LogP contribution is 2.30. The third-order valence-electron chi connectivity index (χ3n) is 3.02. The molecule has 0 aliphatic carbocycles. The lowest BCUT2D eigenvalue weighted by Crippen LogP contribution is -2.23. The largest absolute Gasteiger partial charge is 0.490 e. The van der Waals surface area contributed by atoms with Crippen LogP contribution in [0.4, 0.5) is 0 Å². The second kappa shape index (κ2) is 5.21. The van der Waals surface area contributed by atoms with Crippen molar-refractivity contribution in [3.8, 4) is 5.75 Å². The Balaban J connectivity index is 1.89. The van der Waals surface area contributed by atoms with Gasteiger partial charge in [-0.1, -0.05) is 25.1 Å². The Morgan fingerprint density at radius 2 is 2.29 bits per heavy atom. The Labute approximate surface area is 102 Å². The van der Waals surface area contributed by atoms with E-state index >= 15 is 0 Å². The van der Waals surface area contributed by atoms with Gasteiger partial charge in [-0.25, -0.2) is 0 Å². The zero-order chi connectivity index (χ0) is 12.3. The van der Waals surface area contributed by atoms with Crippen molar-refractivity contribution in [1.82, 2.24) is 0 Å². The lowest BCUT2D eigenvalue weighted by molar-refractivity contribution is -0.148. The van der Waals surface area contributed by atoms with Gasteiger partial charge in [0.25, 0.3) is 0 Å².